The van der Waals surface area contributed by atoms with Crippen molar-refractivity contribution in [3.05, 3.63) is 66.2 Å². The minimum atomic E-state index is -0.977. The van der Waals surface area contributed by atoms with Crippen LogP contribution in [0.15, 0.2) is 65.7 Å². The first-order valence-corrected chi connectivity index (χ1v) is 8.89. The standard InChI is InChI=1S/C19H18N2O3S/c22-17(23)13-16-18(24)21(12-11-14-7-3-1-4-8-14)19(25-16)20-15-9-5-2-6-10-15/h1-10,16H,11-13H2,(H,22,23)/t16-/m0/s1. The molecule has 1 saturated heterocycles. The number of nitrogens with zero attached hydrogens (tertiary/aromatic N) is 2. The maximum Gasteiger partial charge on any atom is 0.305 e. The summed E-state index contributed by atoms with van der Waals surface area (Å²) < 4.78 is 0. The van der Waals surface area contributed by atoms with Gasteiger partial charge in [0.25, 0.3) is 0 Å². The Morgan fingerprint density at radius 2 is 1.72 bits per heavy atom. The highest BCUT2D eigenvalue weighted by Gasteiger charge is 2.38. The molecule has 0 saturated carbocycles. The van der Waals surface area contributed by atoms with Crippen molar-refractivity contribution < 1.29 is 14.7 Å². The van der Waals surface area contributed by atoms with Crippen molar-refractivity contribution in [1.29, 1.82) is 0 Å². The molecular weight excluding hydrogens is 336 g/mol. The zero-order valence-corrected chi connectivity index (χ0v) is 14.4. The number of carbonyl (C=O) groups excluding carboxylic acids is 1. The van der Waals surface area contributed by atoms with Gasteiger partial charge >= 0.3 is 5.97 Å². The summed E-state index contributed by atoms with van der Waals surface area (Å²) in [4.78, 5) is 29.8. The summed E-state index contributed by atoms with van der Waals surface area (Å²) in [5.74, 6) is -1.16. The second-order valence-corrected chi connectivity index (χ2v) is 6.83. The molecule has 1 aliphatic rings. The molecular formula is C19H18N2O3S. The maximum absolute atomic E-state index is 12.6. The van der Waals surface area contributed by atoms with Crippen LogP contribution in [0.2, 0.25) is 0 Å². The molecule has 25 heavy (non-hydrogen) atoms. The first-order valence-electron chi connectivity index (χ1n) is 8.01. The number of carboxylic acid groups (broad SMARTS) is 1. The average molecular weight is 354 g/mol. The lowest BCUT2D eigenvalue weighted by Gasteiger charge is -2.16. The van der Waals surface area contributed by atoms with Crippen LogP contribution in [0.4, 0.5) is 5.69 Å². The van der Waals surface area contributed by atoms with Gasteiger partial charge in [-0.3, -0.25) is 14.5 Å². The maximum atomic E-state index is 12.6. The van der Waals surface area contributed by atoms with Gasteiger partial charge in [0.05, 0.1) is 12.1 Å². The topological polar surface area (TPSA) is 70.0 Å². The number of thioether (sulfide) groups is 1. The van der Waals surface area contributed by atoms with Crippen molar-refractivity contribution in [2.24, 2.45) is 4.99 Å². The van der Waals surface area contributed by atoms with Gasteiger partial charge in [0.1, 0.15) is 5.25 Å². The van der Waals surface area contributed by atoms with Gasteiger partial charge in [-0.1, -0.05) is 60.3 Å². The van der Waals surface area contributed by atoms with Gasteiger partial charge in [-0.05, 0) is 24.1 Å². The molecule has 3 rings (SSSR count). The fourth-order valence-corrected chi connectivity index (χ4v) is 3.76. The number of benzene rings is 2. The van der Waals surface area contributed by atoms with E-state index in [1.165, 1.54) is 11.8 Å². The Kier molecular flexibility index (Phi) is 5.50. The summed E-state index contributed by atoms with van der Waals surface area (Å²) in [5, 5.41) is 8.99. The fourth-order valence-electron chi connectivity index (χ4n) is 2.59. The molecule has 0 aromatic heterocycles. The molecule has 0 spiro atoms. The van der Waals surface area contributed by atoms with Crippen LogP contribution in [0.3, 0.4) is 0 Å². The average Bonchev–Trinajstić information content (AvgIpc) is 2.89. The van der Waals surface area contributed by atoms with Crippen LogP contribution in [0.1, 0.15) is 12.0 Å². The number of carbonyl (C=O) groups is 2. The summed E-state index contributed by atoms with van der Waals surface area (Å²) in [6.45, 7) is 0.484. The molecule has 0 bridgehead atoms. The van der Waals surface area contributed by atoms with Crippen LogP contribution in [0.25, 0.3) is 0 Å². The van der Waals surface area contributed by atoms with Gasteiger partial charge in [-0.15, -0.1) is 0 Å². The van der Waals surface area contributed by atoms with E-state index in [4.69, 9.17) is 5.11 Å². The van der Waals surface area contributed by atoms with Crippen molar-refractivity contribution in [3.8, 4) is 0 Å². The largest absolute Gasteiger partial charge is 0.481 e. The predicted octanol–water partition coefficient (Wildman–Crippen LogP) is 3.34. The predicted molar refractivity (Wildman–Crippen MR) is 99.0 cm³/mol. The van der Waals surface area contributed by atoms with E-state index in [-0.39, 0.29) is 12.3 Å². The smallest absolute Gasteiger partial charge is 0.305 e. The van der Waals surface area contributed by atoms with Crippen LogP contribution in [-0.4, -0.2) is 38.8 Å². The lowest BCUT2D eigenvalue weighted by atomic mass is 10.1. The third kappa shape index (κ3) is 4.48. The third-order valence-electron chi connectivity index (χ3n) is 3.83. The molecule has 6 heteroatoms. The highest BCUT2D eigenvalue weighted by molar-refractivity contribution is 8.15. The number of aliphatic imine (C=N–C) groups is 1. The molecule has 0 aliphatic carbocycles. The summed E-state index contributed by atoms with van der Waals surface area (Å²) in [5.41, 5.74) is 1.87. The number of carboxylic acids is 1. The van der Waals surface area contributed by atoms with Gasteiger partial charge in [0.15, 0.2) is 5.17 Å². The van der Waals surface area contributed by atoms with Crippen molar-refractivity contribution in [1.82, 2.24) is 4.90 Å². The molecule has 128 valence electrons. The minimum Gasteiger partial charge on any atom is -0.481 e. The monoisotopic (exact) mass is 354 g/mol. The van der Waals surface area contributed by atoms with Crippen LogP contribution in [0, 0.1) is 0 Å². The van der Waals surface area contributed by atoms with E-state index >= 15 is 0 Å². The summed E-state index contributed by atoms with van der Waals surface area (Å²) >= 11 is 1.23. The lowest BCUT2D eigenvalue weighted by molar-refractivity contribution is -0.139. The third-order valence-corrected chi connectivity index (χ3v) is 5.00. The highest BCUT2D eigenvalue weighted by atomic mass is 32.2. The van der Waals surface area contributed by atoms with Crippen LogP contribution in [-0.2, 0) is 16.0 Å². The fraction of sp³-hybridized carbons (Fsp3) is 0.211. The zero-order chi connectivity index (χ0) is 17.6. The molecule has 1 aliphatic heterocycles. The lowest BCUT2D eigenvalue weighted by Crippen LogP contribution is -2.34. The summed E-state index contributed by atoms with van der Waals surface area (Å²) in [6, 6.07) is 19.3. The highest BCUT2D eigenvalue weighted by Crippen LogP contribution is 2.31. The van der Waals surface area contributed by atoms with Crippen LogP contribution < -0.4 is 0 Å². The molecule has 1 amide bonds. The molecule has 2 aromatic carbocycles. The van der Waals surface area contributed by atoms with Crippen molar-refractivity contribution in [2.45, 2.75) is 18.1 Å². The number of hydrogen-bond donors (Lipinski definition) is 1. The first-order chi connectivity index (χ1) is 12.1. The number of rotatable bonds is 6. The molecule has 1 atom stereocenters. The first kappa shape index (κ1) is 17.2. The van der Waals surface area contributed by atoms with Crippen molar-refractivity contribution in [2.75, 3.05) is 6.54 Å². The minimum absolute atomic E-state index is 0.182. The normalized spacial score (nSPS) is 18.7. The Labute approximate surface area is 150 Å². The number of para-hydroxylation sites is 1. The second kappa shape index (κ2) is 7.98. The summed E-state index contributed by atoms with van der Waals surface area (Å²) in [7, 11) is 0. The molecule has 5 nitrogen and oxygen atoms in total. The Hall–Kier alpha value is -2.60. The Balaban J connectivity index is 1.80. The van der Waals surface area contributed by atoms with E-state index in [1.54, 1.807) is 4.90 Å². The number of amides is 1. The number of hydrogen-bond acceptors (Lipinski definition) is 4. The van der Waals surface area contributed by atoms with Gasteiger partial charge in [-0.2, -0.15) is 0 Å². The van der Waals surface area contributed by atoms with Gasteiger partial charge in [0.2, 0.25) is 5.91 Å². The van der Waals surface area contributed by atoms with E-state index in [2.05, 4.69) is 4.99 Å². The van der Waals surface area contributed by atoms with Crippen LogP contribution in [0.5, 0.6) is 0 Å². The van der Waals surface area contributed by atoms with Gasteiger partial charge in [-0.25, -0.2) is 4.99 Å². The molecule has 0 unspecified atom stereocenters. The van der Waals surface area contributed by atoms with E-state index in [9.17, 15) is 9.59 Å². The van der Waals surface area contributed by atoms with E-state index < -0.39 is 11.2 Å². The Bertz CT molecular complexity index is 778. The summed E-state index contributed by atoms with van der Waals surface area (Å²) in [6.07, 6.45) is 0.500. The molecule has 2 aromatic rings. The second-order valence-electron chi connectivity index (χ2n) is 5.66. The van der Waals surface area contributed by atoms with Gasteiger partial charge in [0, 0.05) is 6.54 Å². The van der Waals surface area contributed by atoms with E-state index in [0.29, 0.717) is 18.1 Å². The Morgan fingerprint density at radius 1 is 1.08 bits per heavy atom. The molecule has 1 fully saturated rings. The molecule has 0 radical (unpaired) electrons. The van der Waals surface area contributed by atoms with Crippen LogP contribution >= 0.6 is 11.8 Å². The van der Waals surface area contributed by atoms with Crippen molar-refractivity contribution >= 4 is 34.5 Å². The molecule has 1 heterocycles. The zero-order valence-electron chi connectivity index (χ0n) is 13.5. The Morgan fingerprint density at radius 3 is 2.36 bits per heavy atom. The van der Waals surface area contributed by atoms with E-state index in [1.807, 2.05) is 60.7 Å². The SMILES string of the molecule is O=C(O)C[C@@H]1SC(=Nc2ccccc2)N(CCc2ccccc2)C1=O. The number of amidine groups is 1. The van der Waals surface area contributed by atoms with Crippen molar-refractivity contribution in [3.63, 3.8) is 0 Å². The quantitative estimate of drug-likeness (QED) is 0.864. The van der Waals surface area contributed by atoms with Gasteiger partial charge < -0.3 is 5.11 Å². The van der Waals surface area contributed by atoms with E-state index in [0.717, 1.165) is 11.3 Å². The number of aliphatic carboxylic acids is 1. The molecule has 1 N–H and O–H groups in total.